The number of thioether (sulfide) groups is 1. The lowest BCUT2D eigenvalue weighted by Gasteiger charge is -2.07. The molecule has 2 aromatic carbocycles. The van der Waals surface area contributed by atoms with E-state index in [0.29, 0.717) is 5.69 Å². The smallest absolute Gasteiger partial charge is 0.234 e. The van der Waals surface area contributed by atoms with E-state index in [1.54, 1.807) is 11.3 Å². The molecule has 0 aliphatic heterocycles. The van der Waals surface area contributed by atoms with Crippen LogP contribution in [0, 0.1) is 5.82 Å². The fourth-order valence-electron chi connectivity index (χ4n) is 2.69. The Hall–Kier alpha value is -2.48. The van der Waals surface area contributed by atoms with Crippen molar-refractivity contribution >= 4 is 56.5 Å². The quantitative estimate of drug-likeness (QED) is 0.318. The largest absolute Gasteiger partial charge is 0.325 e. The molecule has 28 heavy (non-hydrogen) atoms. The van der Waals surface area contributed by atoms with Crippen molar-refractivity contribution in [2.75, 3.05) is 11.1 Å². The predicted molar refractivity (Wildman–Crippen MR) is 114 cm³/mol. The number of amides is 1. The van der Waals surface area contributed by atoms with Gasteiger partial charge in [-0.2, -0.15) is 0 Å². The van der Waals surface area contributed by atoms with Crippen molar-refractivity contribution < 1.29 is 9.18 Å². The molecule has 0 fully saturated rings. The Morgan fingerprint density at radius 1 is 1.18 bits per heavy atom. The van der Waals surface area contributed by atoms with Gasteiger partial charge in [0, 0.05) is 16.6 Å². The summed E-state index contributed by atoms with van der Waals surface area (Å²) in [5.74, 6) is -0.593. The Kier molecular flexibility index (Phi) is 5.57. The number of rotatable bonds is 5. The van der Waals surface area contributed by atoms with Crippen molar-refractivity contribution in [1.82, 2.24) is 9.97 Å². The molecule has 4 aromatic rings. The van der Waals surface area contributed by atoms with Gasteiger partial charge in [0.15, 0.2) is 0 Å². The summed E-state index contributed by atoms with van der Waals surface area (Å²) in [6, 6.07) is 14.1. The van der Waals surface area contributed by atoms with Crippen LogP contribution in [0.4, 0.5) is 10.1 Å². The first-order chi connectivity index (χ1) is 13.6. The molecule has 0 aliphatic carbocycles. The Balaban J connectivity index is 1.54. The van der Waals surface area contributed by atoms with Crippen molar-refractivity contribution in [2.45, 2.75) is 5.03 Å². The van der Waals surface area contributed by atoms with Gasteiger partial charge in [-0.05, 0) is 23.8 Å². The standard InChI is InChI=1S/C20H13ClFN3OS2/c21-15-8-13(6-7-16(15)22)25-17(26)10-28-20-18-14(12-4-2-1-3-5-12)9-27-19(18)23-11-24-20/h1-9,11H,10H2,(H,25,26). The first-order valence-corrected chi connectivity index (χ1v) is 10.5. The Morgan fingerprint density at radius 2 is 2.00 bits per heavy atom. The minimum absolute atomic E-state index is 0.0336. The first kappa shape index (κ1) is 18.9. The number of hydrogen-bond donors (Lipinski definition) is 1. The first-order valence-electron chi connectivity index (χ1n) is 8.27. The van der Waals surface area contributed by atoms with E-state index in [4.69, 9.17) is 11.6 Å². The Labute approximate surface area is 173 Å². The highest BCUT2D eigenvalue weighted by Gasteiger charge is 2.15. The number of nitrogens with one attached hydrogen (secondary N) is 1. The Morgan fingerprint density at radius 3 is 2.79 bits per heavy atom. The van der Waals surface area contributed by atoms with Crippen molar-refractivity contribution in [1.29, 1.82) is 0 Å². The molecular formula is C20H13ClFN3OS2. The van der Waals surface area contributed by atoms with Crippen LogP contribution in [0.5, 0.6) is 0 Å². The van der Waals surface area contributed by atoms with E-state index in [1.165, 1.54) is 36.3 Å². The van der Waals surface area contributed by atoms with Crippen LogP contribution in [-0.2, 0) is 4.79 Å². The summed E-state index contributed by atoms with van der Waals surface area (Å²) in [6.45, 7) is 0. The molecular weight excluding hydrogens is 417 g/mol. The number of thiophene rings is 1. The zero-order valence-corrected chi connectivity index (χ0v) is 16.7. The number of benzene rings is 2. The molecule has 2 aromatic heterocycles. The summed E-state index contributed by atoms with van der Waals surface area (Å²) in [7, 11) is 0. The van der Waals surface area contributed by atoms with Crippen molar-refractivity contribution in [3.63, 3.8) is 0 Å². The topological polar surface area (TPSA) is 54.9 Å². The molecule has 0 atom stereocenters. The maximum Gasteiger partial charge on any atom is 0.234 e. The van der Waals surface area contributed by atoms with E-state index in [0.717, 1.165) is 26.4 Å². The fourth-order valence-corrected chi connectivity index (χ4v) is 4.67. The lowest BCUT2D eigenvalue weighted by Crippen LogP contribution is -2.14. The lowest BCUT2D eigenvalue weighted by atomic mass is 10.1. The average Bonchev–Trinajstić information content (AvgIpc) is 3.15. The van der Waals surface area contributed by atoms with Gasteiger partial charge < -0.3 is 5.32 Å². The third-order valence-corrected chi connectivity index (χ3v) is 6.13. The Bertz CT molecular complexity index is 1150. The number of halogens is 2. The summed E-state index contributed by atoms with van der Waals surface area (Å²) >= 11 is 8.63. The zero-order chi connectivity index (χ0) is 19.5. The number of carbonyl (C=O) groups excluding carboxylic acids is 1. The van der Waals surface area contributed by atoms with Gasteiger partial charge in [0.05, 0.1) is 16.2 Å². The van der Waals surface area contributed by atoms with Crippen LogP contribution in [0.2, 0.25) is 5.02 Å². The molecule has 2 heterocycles. The number of aromatic nitrogens is 2. The molecule has 0 aliphatic rings. The van der Waals surface area contributed by atoms with Gasteiger partial charge >= 0.3 is 0 Å². The molecule has 140 valence electrons. The third kappa shape index (κ3) is 4.01. The highest BCUT2D eigenvalue weighted by Crippen LogP contribution is 2.37. The highest BCUT2D eigenvalue weighted by atomic mass is 35.5. The molecule has 0 bridgehead atoms. The number of hydrogen-bond acceptors (Lipinski definition) is 5. The molecule has 0 saturated carbocycles. The SMILES string of the molecule is O=C(CSc1ncnc2scc(-c3ccccc3)c12)Nc1ccc(F)c(Cl)c1. The van der Waals surface area contributed by atoms with Gasteiger partial charge in [-0.3, -0.25) is 4.79 Å². The minimum atomic E-state index is -0.525. The molecule has 0 spiro atoms. The van der Waals surface area contributed by atoms with Crippen LogP contribution in [-0.4, -0.2) is 21.6 Å². The summed E-state index contributed by atoms with van der Waals surface area (Å²) in [4.78, 5) is 21.9. The summed E-state index contributed by atoms with van der Waals surface area (Å²) in [5.41, 5.74) is 2.58. The van der Waals surface area contributed by atoms with Crippen molar-refractivity contribution in [3.8, 4) is 11.1 Å². The number of anilines is 1. The molecule has 8 heteroatoms. The molecule has 4 rings (SSSR count). The van der Waals surface area contributed by atoms with E-state index >= 15 is 0 Å². The maximum absolute atomic E-state index is 13.2. The number of carbonyl (C=O) groups is 1. The number of nitrogens with zero attached hydrogens (tertiary/aromatic N) is 2. The van der Waals surface area contributed by atoms with Crippen LogP contribution < -0.4 is 5.32 Å². The van der Waals surface area contributed by atoms with Gasteiger partial charge in [0.1, 0.15) is 22.0 Å². The molecule has 1 N–H and O–H groups in total. The average molecular weight is 430 g/mol. The molecule has 0 unspecified atom stereocenters. The fraction of sp³-hybridized carbons (Fsp3) is 0.0500. The van der Waals surface area contributed by atoms with E-state index in [1.807, 2.05) is 30.3 Å². The number of fused-ring (bicyclic) bond motifs is 1. The van der Waals surface area contributed by atoms with Gasteiger partial charge in [-0.1, -0.05) is 53.7 Å². The van der Waals surface area contributed by atoms with Gasteiger partial charge in [-0.25, -0.2) is 14.4 Å². The predicted octanol–water partition coefficient (Wildman–Crippen LogP) is 5.88. The summed E-state index contributed by atoms with van der Waals surface area (Å²) in [6.07, 6.45) is 1.51. The van der Waals surface area contributed by atoms with E-state index in [9.17, 15) is 9.18 Å². The third-order valence-electron chi connectivity index (χ3n) is 3.96. The second-order valence-electron chi connectivity index (χ2n) is 5.84. The van der Waals surface area contributed by atoms with Crippen LogP contribution in [0.1, 0.15) is 0 Å². The second-order valence-corrected chi connectivity index (χ2v) is 8.07. The maximum atomic E-state index is 13.2. The van der Waals surface area contributed by atoms with Gasteiger partial charge in [-0.15, -0.1) is 11.3 Å². The minimum Gasteiger partial charge on any atom is -0.325 e. The zero-order valence-electron chi connectivity index (χ0n) is 14.4. The molecule has 4 nitrogen and oxygen atoms in total. The summed E-state index contributed by atoms with van der Waals surface area (Å²) < 4.78 is 13.2. The monoisotopic (exact) mass is 429 g/mol. The summed E-state index contributed by atoms with van der Waals surface area (Å²) in [5, 5.41) is 6.43. The molecule has 0 radical (unpaired) electrons. The van der Waals surface area contributed by atoms with Crippen molar-refractivity contribution in [3.05, 3.63) is 71.1 Å². The van der Waals surface area contributed by atoms with Crippen LogP contribution in [0.15, 0.2) is 65.3 Å². The van der Waals surface area contributed by atoms with Crippen LogP contribution in [0.25, 0.3) is 21.3 Å². The van der Waals surface area contributed by atoms with Crippen LogP contribution in [0.3, 0.4) is 0 Å². The van der Waals surface area contributed by atoms with Crippen LogP contribution >= 0.6 is 34.7 Å². The highest BCUT2D eigenvalue weighted by molar-refractivity contribution is 8.00. The van der Waals surface area contributed by atoms with E-state index < -0.39 is 5.82 Å². The molecule has 1 amide bonds. The molecule has 0 saturated heterocycles. The van der Waals surface area contributed by atoms with E-state index in [2.05, 4.69) is 20.7 Å². The second kappa shape index (κ2) is 8.26. The lowest BCUT2D eigenvalue weighted by molar-refractivity contribution is -0.113. The van der Waals surface area contributed by atoms with E-state index in [-0.39, 0.29) is 16.7 Å². The van der Waals surface area contributed by atoms with Gasteiger partial charge in [0.2, 0.25) is 5.91 Å². The van der Waals surface area contributed by atoms with Gasteiger partial charge in [0.25, 0.3) is 0 Å². The van der Waals surface area contributed by atoms with Crippen molar-refractivity contribution in [2.24, 2.45) is 0 Å². The normalized spacial score (nSPS) is 10.9.